The molecule has 1 fully saturated rings. The van der Waals surface area contributed by atoms with Crippen LogP contribution in [0, 0.1) is 0 Å². The molecule has 2 rings (SSSR count). The highest BCUT2D eigenvalue weighted by molar-refractivity contribution is 5.85. The summed E-state index contributed by atoms with van der Waals surface area (Å²) in [5.74, 6) is -0.480. The summed E-state index contributed by atoms with van der Waals surface area (Å²) in [7, 11) is 0. The van der Waals surface area contributed by atoms with Crippen LogP contribution in [-0.4, -0.2) is 45.6 Å². The fraction of sp³-hybridized carbons (Fsp3) is 0.444. The zero-order chi connectivity index (χ0) is 10.8. The first-order valence-corrected chi connectivity index (χ1v) is 4.67. The van der Waals surface area contributed by atoms with E-state index in [-0.39, 0.29) is 11.8 Å². The lowest BCUT2D eigenvalue weighted by Crippen LogP contribution is -2.22. The number of rotatable bonds is 2. The van der Waals surface area contributed by atoms with Crippen LogP contribution >= 0.6 is 0 Å². The number of aliphatic hydroxyl groups excluding tert-OH is 1. The molecule has 1 aromatic heterocycles. The van der Waals surface area contributed by atoms with Crippen LogP contribution in [0.25, 0.3) is 0 Å². The maximum atomic E-state index is 10.5. The van der Waals surface area contributed by atoms with Crippen LogP contribution < -0.4 is 4.90 Å². The standard InChI is InChI=1S/C9H11N3O3/c13-6-3-4-12(5-6)8-2-1-7(9(14)15)10-11-8/h1-2,6,13H,3-5H2,(H,14,15)/t6-/m1/s1. The highest BCUT2D eigenvalue weighted by Crippen LogP contribution is 2.16. The molecule has 1 aromatic rings. The van der Waals surface area contributed by atoms with Gasteiger partial charge in [0.1, 0.15) is 0 Å². The van der Waals surface area contributed by atoms with Gasteiger partial charge in [-0.1, -0.05) is 0 Å². The minimum Gasteiger partial charge on any atom is -0.476 e. The van der Waals surface area contributed by atoms with Gasteiger partial charge in [0.15, 0.2) is 11.5 Å². The van der Waals surface area contributed by atoms with Gasteiger partial charge in [-0.3, -0.25) is 0 Å². The smallest absolute Gasteiger partial charge is 0.356 e. The van der Waals surface area contributed by atoms with Crippen LogP contribution in [0.4, 0.5) is 5.82 Å². The van der Waals surface area contributed by atoms with Gasteiger partial charge in [-0.2, -0.15) is 0 Å². The van der Waals surface area contributed by atoms with Gasteiger partial charge in [-0.15, -0.1) is 10.2 Å². The van der Waals surface area contributed by atoms with Crippen molar-refractivity contribution in [2.75, 3.05) is 18.0 Å². The fourth-order valence-electron chi connectivity index (χ4n) is 1.56. The lowest BCUT2D eigenvalue weighted by molar-refractivity contribution is 0.0689. The van der Waals surface area contributed by atoms with Crippen LogP contribution in [0.15, 0.2) is 12.1 Å². The molecule has 0 radical (unpaired) electrons. The van der Waals surface area contributed by atoms with Crippen molar-refractivity contribution < 1.29 is 15.0 Å². The Hall–Kier alpha value is -1.69. The van der Waals surface area contributed by atoms with E-state index in [1.54, 1.807) is 6.07 Å². The van der Waals surface area contributed by atoms with E-state index < -0.39 is 5.97 Å². The first-order chi connectivity index (χ1) is 7.16. The van der Waals surface area contributed by atoms with Crippen molar-refractivity contribution in [1.29, 1.82) is 0 Å². The lowest BCUT2D eigenvalue weighted by atomic mass is 10.3. The van der Waals surface area contributed by atoms with Crippen molar-refractivity contribution in [3.05, 3.63) is 17.8 Å². The van der Waals surface area contributed by atoms with Crippen molar-refractivity contribution in [2.45, 2.75) is 12.5 Å². The molecule has 1 atom stereocenters. The second kappa shape index (κ2) is 3.82. The van der Waals surface area contributed by atoms with Crippen molar-refractivity contribution in [1.82, 2.24) is 10.2 Å². The first-order valence-electron chi connectivity index (χ1n) is 4.67. The van der Waals surface area contributed by atoms with E-state index in [0.29, 0.717) is 18.8 Å². The number of carboxylic acids is 1. The third kappa shape index (κ3) is 2.04. The van der Waals surface area contributed by atoms with Crippen LogP contribution in [0.2, 0.25) is 0 Å². The average molecular weight is 209 g/mol. The second-order valence-electron chi connectivity index (χ2n) is 3.47. The van der Waals surface area contributed by atoms with Gasteiger partial charge in [0.05, 0.1) is 6.10 Å². The third-order valence-corrected chi connectivity index (χ3v) is 2.36. The highest BCUT2D eigenvalue weighted by atomic mass is 16.4. The predicted molar refractivity (Wildman–Crippen MR) is 51.8 cm³/mol. The van der Waals surface area contributed by atoms with E-state index in [9.17, 15) is 9.90 Å². The Morgan fingerprint density at radius 3 is 2.73 bits per heavy atom. The number of aromatic carboxylic acids is 1. The Morgan fingerprint density at radius 2 is 2.27 bits per heavy atom. The molecule has 0 aliphatic carbocycles. The van der Waals surface area contributed by atoms with Crippen LogP contribution in [-0.2, 0) is 0 Å². The molecule has 0 unspecified atom stereocenters. The number of β-amino-alcohol motifs (C(OH)–C–C–N with tert-alkyl or cyclic N) is 1. The quantitative estimate of drug-likeness (QED) is 0.698. The van der Waals surface area contributed by atoms with E-state index in [4.69, 9.17) is 5.11 Å². The summed E-state index contributed by atoms with van der Waals surface area (Å²) in [5.41, 5.74) is -0.0708. The van der Waals surface area contributed by atoms with Gasteiger partial charge < -0.3 is 15.1 Å². The van der Waals surface area contributed by atoms with Crippen molar-refractivity contribution in [3.63, 3.8) is 0 Å². The molecule has 15 heavy (non-hydrogen) atoms. The van der Waals surface area contributed by atoms with E-state index in [0.717, 1.165) is 6.54 Å². The summed E-state index contributed by atoms with van der Waals surface area (Å²) in [6, 6.07) is 3.02. The molecular formula is C9H11N3O3. The van der Waals surface area contributed by atoms with Crippen molar-refractivity contribution in [2.24, 2.45) is 0 Å². The van der Waals surface area contributed by atoms with E-state index in [2.05, 4.69) is 10.2 Å². The van der Waals surface area contributed by atoms with Gasteiger partial charge in [-0.25, -0.2) is 4.79 Å². The highest BCUT2D eigenvalue weighted by Gasteiger charge is 2.21. The Balaban J connectivity index is 2.13. The molecule has 1 aliphatic heterocycles. The molecule has 0 aromatic carbocycles. The largest absolute Gasteiger partial charge is 0.476 e. The predicted octanol–water partition coefficient (Wildman–Crippen LogP) is -0.254. The number of hydrogen-bond donors (Lipinski definition) is 2. The van der Waals surface area contributed by atoms with Crippen molar-refractivity contribution >= 4 is 11.8 Å². The molecule has 0 spiro atoms. The number of aliphatic hydroxyl groups is 1. The second-order valence-corrected chi connectivity index (χ2v) is 3.47. The number of aromatic nitrogens is 2. The summed E-state index contributed by atoms with van der Waals surface area (Å²) >= 11 is 0. The van der Waals surface area contributed by atoms with Gasteiger partial charge >= 0.3 is 5.97 Å². The summed E-state index contributed by atoms with van der Waals surface area (Å²) in [6.07, 6.45) is 0.383. The maximum Gasteiger partial charge on any atom is 0.356 e. The molecule has 80 valence electrons. The average Bonchev–Trinajstić information content (AvgIpc) is 2.65. The minimum atomic E-state index is -1.09. The summed E-state index contributed by atoms with van der Waals surface area (Å²) < 4.78 is 0. The zero-order valence-corrected chi connectivity index (χ0v) is 8.00. The van der Waals surface area contributed by atoms with Crippen molar-refractivity contribution in [3.8, 4) is 0 Å². The van der Waals surface area contributed by atoms with Crippen LogP contribution in [0.3, 0.4) is 0 Å². The lowest BCUT2D eigenvalue weighted by Gasteiger charge is -2.15. The molecule has 2 N–H and O–H groups in total. The number of nitrogens with zero attached hydrogens (tertiary/aromatic N) is 3. The topological polar surface area (TPSA) is 86.5 Å². The molecule has 1 saturated heterocycles. The van der Waals surface area contributed by atoms with Gasteiger partial charge in [0, 0.05) is 13.1 Å². The van der Waals surface area contributed by atoms with E-state index in [1.165, 1.54) is 6.07 Å². The number of carboxylic acid groups (broad SMARTS) is 1. The number of hydrogen-bond acceptors (Lipinski definition) is 5. The van der Waals surface area contributed by atoms with E-state index >= 15 is 0 Å². The normalized spacial score (nSPS) is 20.6. The van der Waals surface area contributed by atoms with Gasteiger partial charge in [0.2, 0.25) is 0 Å². The Morgan fingerprint density at radius 1 is 1.47 bits per heavy atom. The van der Waals surface area contributed by atoms with E-state index in [1.807, 2.05) is 4.90 Å². The molecule has 2 heterocycles. The minimum absolute atomic E-state index is 0.0708. The van der Waals surface area contributed by atoms with Crippen LogP contribution in [0.5, 0.6) is 0 Å². The summed E-state index contributed by atoms with van der Waals surface area (Å²) in [6.45, 7) is 1.25. The zero-order valence-electron chi connectivity index (χ0n) is 8.00. The Bertz CT molecular complexity index is 365. The SMILES string of the molecule is O=C(O)c1ccc(N2CC[C@@H](O)C2)nn1. The Kier molecular flexibility index (Phi) is 2.51. The van der Waals surface area contributed by atoms with Gasteiger partial charge in [-0.05, 0) is 18.6 Å². The molecule has 6 nitrogen and oxygen atoms in total. The Labute approximate surface area is 86.2 Å². The first kappa shape index (κ1) is 9.85. The molecular weight excluding hydrogens is 198 g/mol. The fourth-order valence-corrected chi connectivity index (χ4v) is 1.56. The third-order valence-electron chi connectivity index (χ3n) is 2.36. The maximum absolute atomic E-state index is 10.5. The van der Waals surface area contributed by atoms with Gasteiger partial charge in [0.25, 0.3) is 0 Å². The monoisotopic (exact) mass is 209 g/mol. The summed E-state index contributed by atoms with van der Waals surface area (Å²) in [5, 5.41) is 25.3. The number of anilines is 1. The molecule has 0 amide bonds. The molecule has 1 aliphatic rings. The van der Waals surface area contributed by atoms with Crippen LogP contribution in [0.1, 0.15) is 16.9 Å². The molecule has 0 bridgehead atoms. The number of carbonyl (C=O) groups is 1. The molecule has 0 saturated carbocycles. The molecule has 6 heteroatoms. The summed E-state index contributed by atoms with van der Waals surface area (Å²) in [4.78, 5) is 12.4.